The van der Waals surface area contributed by atoms with Crippen LogP contribution in [-0.4, -0.2) is 11.7 Å². The SMILES string of the molecule is Cc1cc(N)ccc1SCC(=O)Nc1ccccc1Br. The summed E-state index contributed by atoms with van der Waals surface area (Å²) in [5.74, 6) is 0.338. The van der Waals surface area contributed by atoms with Crippen LogP contribution in [0.15, 0.2) is 51.8 Å². The first kappa shape index (κ1) is 14.9. The van der Waals surface area contributed by atoms with Crippen LogP contribution < -0.4 is 11.1 Å². The van der Waals surface area contributed by atoms with Crippen LogP contribution in [0.4, 0.5) is 11.4 Å². The van der Waals surface area contributed by atoms with E-state index in [9.17, 15) is 4.79 Å². The number of thioether (sulfide) groups is 1. The van der Waals surface area contributed by atoms with E-state index in [1.807, 2.05) is 49.4 Å². The van der Waals surface area contributed by atoms with Crippen LogP contribution in [0.5, 0.6) is 0 Å². The second kappa shape index (κ2) is 6.81. The molecule has 0 heterocycles. The Morgan fingerprint density at radius 2 is 2.05 bits per heavy atom. The van der Waals surface area contributed by atoms with Crippen molar-refractivity contribution in [3.63, 3.8) is 0 Å². The van der Waals surface area contributed by atoms with Gasteiger partial charge in [-0.15, -0.1) is 11.8 Å². The number of carbonyl (C=O) groups excluding carboxylic acids is 1. The summed E-state index contributed by atoms with van der Waals surface area (Å²) in [5.41, 5.74) is 8.32. The number of benzene rings is 2. The van der Waals surface area contributed by atoms with Crippen molar-refractivity contribution in [2.45, 2.75) is 11.8 Å². The number of hydrogen-bond donors (Lipinski definition) is 2. The molecule has 3 nitrogen and oxygen atoms in total. The third-order valence-corrected chi connectivity index (χ3v) is 4.57. The number of nitrogens with two attached hydrogens (primary N) is 1. The second-order valence-electron chi connectivity index (χ2n) is 4.34. The molecule has 3 N–H and O–H groups in total. The molecule has 0 bridgehead atoms. The highest BCUT2D eigenvalue weighted by Gasteiger charge is 2.07. The molecule has 0 saturated heterocycles. The molecule has 0 spiro atoms. The van der Waals surface area contributed by atoms with Crippen molar-refractivity contribution < 1.29 is 4.79 Å². The Bertz CT molecular complexity index is 631. The van der Waals surface area contributed by atoms with Crippen molar-refractivity contribution >= 4 is 45.0 Å². The summed E-state index contributed by atoms with van der Waals surface area (Å²) in [7, 11) is 0. The Morgan fingerprint density at radius 3 is 2.75 bits per heavy atom. The molecule has 0 unspecified atom stereocenters. The Morgan fingerprint density at radius 1 is 1.30 bits per heavy atom. The summed E-state index contributed by atoms with van der Waals surface area (Å²) in [5, 5.41) is 2.88. The maximum absolute atomic E-state index is 11.9. The van der Waals surface area contributed by atoms with Crippen LogP contribution in [0.25, 0.3) is 0 Å². The largest absolute Gasteiger partial charge is 0.399 e. The van der Waals surface area contributed by atoms with Crippen LogP contribution in [0.1, 0.15) is 5.56 Å². The lowest BCUT2D eigenvalue weighted by molar-refractivity contribution is -0.113. The molecule has 0 aliphatic rings. The fraction of sp³-hybridized carbons (Fsp3) is 0.133. The third kappa shape index (κ3) is 4.02. The summed E-state index contributed by atoms with van der Waals surface area (Å²) < 4.78 is 0.877. The Labute approximate surface area is 131 Å². The summed E-state index contributed by atoms with van der Waals surface area (Å²) in [6, 6.07) is 13.3. The molecule has 2 aromatic carbocycles. The van der Waals surface area contributed by atoms with Gasteiger partial charge in [-0.05, 0) is 58.7 Å². The first-order chi connectivity index (χ1) is 9.56. The number of anilines is 2. The molecule has 0 aliphatic heterocycles. The summed E-state index contributed by atoms with van der Waals surface area (Å²) in [6.07, 6.45) is 0. The van der Waals surface area contributed by atoms with Crippen LogP contribution >= 0.6 is 27.7 Å². The van der Waals surface area contributed by atoms with Crippen LogP contribution in [0.2, 0.25) is 0 Å². The van der Waals surface area contributed by atoms with Gasteiger partial charge in [0.15, 0.2) is 0 Å². The number of carbonyl (C=O) groups is 1. The van der Waals surface area contributed by atoms with Gasteiger partial charge < -0.3 is 11.1 Å². The van der Waals surface area contributed by atoms with E-state index in [1.165, 1.54) is 11.8 Å². The van der Waals surface area contributed by atoms with Gasteiger partial charge >= 0.3 is 0 Å². The molecule has 0 atom stereocenters. The number of nitrogen functional groups attached to an aromatic ring is 1. The standard InChI is InChI=1S/C15H15BrN2OS/c1-10-8-11(17)6-7-14(10)20-9-15(19)18-13-5-3-2-4-12(13)16/h2-8H,9,17H2,1H3,(H,18,19). The van der Waals surface area contributed by atoms with Gasteiger partial charge in [0, 0.05) is 15.1 Å². The van der Waals surface area contributed by atoms with Gasteiger partial charge in [-0.2, -0.15) is 0 Å². The van der Waals surface area contributed by atoms with Crippen LogP contribution in [0.3, 0.4) is 0 Å². The van der Waals surface area contributed by atoms with E-state index in [2.05, 4.69) is 21.2 Å². The minimum atomic E-state index is -0.0295. The average molecular weight is 351 g/mol. The average Bonchev–Trinajstić information content (AvgIpc) is 2.40. The van der Waals surface area contributed by atoms with Gasteiger partial charge in [0.1, 0.15) is 0 Å². The molecular formula is C15H15BrN2OS. The Balaban J connectivity index is 1.94. The maximum atomic E-state index is 11.9. The molecule has 0 aromatic heterocycles. The number of amides is 1. The van der Waals surface area contributed by atoms with Crippen molar-refractivity contribution in [2.75, 3.05) is 16.8 Å². The molecule has 0 saturated carbocycles. The smallest absolute Gasteiger partial charge is 0.234 e. The van der Waals surface area contributed by atoms with Crippen molar-refractivity contribution in [3.05, 3.63) is 52.5 Å². The molecule has 2 rings (SSSR count). The van der Waals surface area contributed by atoms with Crippen LogP contribution in [-0.2, 0) is 4.79 Å². The van der Waals surface area contributed by atoms with Gasteiger partial charge in [-0.25, -0.2) is 0 Å². The van der Waals surface area contributed by atoms with E-state index < -0.39 is 0 Å². The van der Waals surface area contributed by atoms with Crippen molar-refractivity contribution in [1.82, 2.24) is 0 Å². The van der Waals surface area contributed by atoms with E-state index in [1.54, 1.807) is 0 Å². The lowest BCUT2D eigenvalue weighted by Gasteiger charge is -2.08. The van der Waals surface area contributed by atoms with Gasteiger partial charge in [-0.3, -0.25) is 4.79 Å². The number of halogens is 1. The summed E-state index contributed by atoms with van der Waals surface area (Å²) in [4.78, 5) is 13.0. The first-order valence-corrected chi connectivity index (χ1v) is 7.87. The zero-order chi connectivity index (χ0) is 14.5. The number of hydrogen-bond acceptors (Lipinski definition) is 3. The quantitative estimate of drug-likeness (QED) is 0.645. The number of rotatable bonds is 4. The highest BCUT2D eigenvalue weighted by atomic mass is 79.9. The number of para-hydroxylation sites is 1. The lowest BCUT2D eigenvalue weighted by Crippen LogP contribution is -2.14. The highest BCUT2D eigenvalue weighted by Crippen LogP contribution is 2.25. The number of aryl methyl sites for hydroxylation is 1. The third-order valence-electron chi connectivity index (χ3n) is 2.71. The van der Waals surface area contributed by atoms with E-state index in [4.69, 9.17) is 5.73 Å². The second-order valence-corrected chi connectivity index (χ2v) is 6.21. The predicted octanol–water partition coefficient (Wildman–Crippen LogP) is 4.07. The molecule has 20 heavy (non-hydrogen) atoms. The zero-order valence-electron chi connectivity index (χ0n) is 11.0. The first-order valence-electron chi connectivity index (χ1n) is 6.09. The van der Waals surface area contributed by atoms with Crippen molar-refractivity contribution in [2.24, 2.45) is 0 Å². The summed E-state index contributed by atoms with van der Waals surface area (Å²) >= 11 is 4.91. The summed E-state index contributed by atoms with van der Waals surface area (Å²) in [6.45, 7) is 1.99. The van der Waals surface area contributed by atoms with Gasteiger partial charge in [-0.1, -0.05) is 12.1 Å². The molecule has 5 heteroatoms. The van der Waals surface area contributed by atoms with E-state index >= 15 is 0 Å². The molecule has 0 radical (unpaired) electrons. The van der Waals surface area contributed by atoms with Gasteiger partial charge in [0.05, 0.1) is 11.4 Å². The predicted molar refractivity (Wildman–Crippen MR) is 89.1 cm³/mol. The molecule has 104 valence electrons. The zero-order valence-corrected chi connectivity index (χ0v) is 13.4. The minimum absolute atomic E-state index is 0.0295. The monoisotopic (exact) mass is 350 g/mol. The van der Waals surface area contributed by atoms with E-state index in [-0.39, 0.29) is 5.91 Å². The normalized spacial score (nSPS) is 10.3. The van der Waals surface area contributed by atoms with Crippen molar-refractivity contribution in [1.29, 1.82) is 0 Å². The van der Waals surface area contributed by atoms with Crippen LogP contribution in [0, 0.1) is 6.92 Å². The molecular weight excluding hydrogens is 336 g/mol. The lowest BCUT2D eigenvalue weighted by atomic mass is 10.2. The minimum Gasteiger partial charge on any atom is -0.399 e. The van der Waals surface area contributed by atoms with E-state index in [0.29, 0.717) is 5.75 Å². The Hall–Kier alpha value is -1.46. The Kier molecular flexibility index (Phi) is 5.09. The van der Waals surface area contributed by atoms with Gasteiger partial charge in [0.25, 0.3) is 0 Å². The highest BCUT2D eigenvalue weighted by molar-refractivity contribution is 9.10. The molecule has 0 fully saturated rings. The maximum Gasteiger partial charge on any atom is 0.234 e. The fourth-order valence-electron chi connectivity index (χ4n) is 1.73. The fourth-order valence-corrected chi connectivity index (χ4v) is 2.92. The van der Waals surface area contributed by atoms with Gasteiger partial charge in [0.2, 0.25) is 5.91 Å². The van der Waals surface area contributed by atoms with E-state index in [0.717, 1.165) is 26.3 Å². The number of nitrogens with one attached hydrogen (secondary N) is 1. The van der Waals surface area contributed by atoms with Crippen molar-refractivity contribution in [3.8, 4) is 0 Å². The topological polar surface area (TPSA) is 55.1 Å². The molecule has 0 aliphatic carbocycles. The molecule has 1 amide bonds. The molecule has 2 aromatic rings.